The Morgan fingerprint density at radius 2 is 1.56 bits per heavy atom. The molecule has 150 valence electrons. The summed E-state index contributed by atoms with van der Waals surface area (Å²) in [5.41, 5.74) is 1.32. The van der Waals surface area contributed by atoms with E-state index in [1.807, 2.05) is 24.3 Å². The van der Waals surface area contributed by atoms with E-state index in [1.54, 1.807) is 13.8 Å². The van der Waals surface area contributed by atoms with Crippen LogP contribution in [0.1, 0.15) is 65.5 Å². The van der Waals surface area contributed by atoms with E-state index in [4.69, 9.17) is 14.4 Å². The lowest BCUT2D eigenvalue weighted by Crippen LogP contribution is -2.34. The molecule has 0 radical (unpaired) electrons. The molecule has 0 aliphatic heterocycles. The summed E-state index contributed by atoms with van der Waals surface area (Å²) in [5, 5.41) is 4.56. The van der Waals surface area contributed by atoms with Crippen molar-refractivity contribution in [3.63, 3.8) is 0 Å². The first-order valence-corrected chi connectivity index (χ1v) is 8.58. The lowest BCUT2D eigenvalue weighted by Gasteiger charge is -2.25. The van der Waals surface area contributed by atoms with Crippen LogP contribution in [-0.2, 0) is 34.7 Å². The summed E-state index contributed by atoms with van der Waals surface area (Å²) in [6.45, 7) is 15.4. The number of carbonyl (C=O) groups is 2. The molecule has 0 aromatic heterocycles. The highest BCUT2D eigenvalue weighted by Crippen LogP contribution is 2.27. The van der Waals surface area contributed by atoms with Gasteiger partial charge in [-0.15, -0.1) is 0 Å². The first kappa shape index (κ1) is 22.7. The maximum Gasteiger partial charge on any atom is 0.545 e. The normalized spacial score (nSPS) is 11.9. The third-order valence-electron chi connectivity index (χ3n) is 3.63. The van der Waals surface area contributed by atoms with Crippen molar-refractivity contribution in [3.8, 4) is 0 Å². The second-order valence-corrected chi connectivity index (χ2v) is 7.44. The van der Waals surface area contributed by atoms with E-state index in [-0.39, 0.29) is 5.57 Å². The standard InChI is InChI=1S/C20H28O7/c1-13(2)15-9-11-16(12-10-15)19(5,6)26-27-25-18(22)24-20(7,8)23-17(21)14(3)4/h9-13H,3H2,1-2,4-8H3. The fourth-order valence-corrected chi connectivity index (χ4v) is 2.00. The van der Waals surface area contributed by atoms with Crippen LogP contribution in [0.2, 0.25) is 0 Å². The van der Waals surface area contributed by atoms with Gasteiger partial charge in [-0.25, -0.2) is 14.5 Å². The van der Waals surface area contributed by atoms with Crippen LogP contribution in [0, 0.1) is 0 Å². The predicted octanol–water partition coefficient (Wildman–Crippen LogP) is 4.92. The van der Waals surface area contributed by atoms with Crippen LogP contribution < -0.4 is 0 Å². The highest BCUT2D eigenvalue weighted by Gasteiger charge is 2.30. The van der Waals surface area contributed by atoms with Crippen molar-refractivity contribution in [2.24, 2.45) is 0 Å². The van der Waals surface area contributed by atoms with Crippen LogP contribution in [0.4, 0.5) is 4.79 Å². The Bertz CT molecular complexity index is 672. The number of carbonyl (C=O) groups excluding carboxylic acids is 2. The Morgan fingerprint density at radius 3 is 2.04 bits per heavy atom. The van der Waals surface area contributed by atoms with Gasteiger partial charge in [0.25, 0.3) is 5.79 Å². The van der Waals surface area contributed by atoms with E-state index >= 15 is 0 Å². The highest BCUT2D eigenvalue weighted by molar-refractivity contribution is 5.87. The predicted molar refractivity (Wildman–Crippen MR) is 98.3 cm³/mol. The molecule has 0 bridgehead atoms. The number of benzene rings is 1. The minimum Gasteiger partial charge on any atom is -0.420 e. The lowest BCUT2D eigenvalue weighted by molar-refractivity contribution is -0.522. The highest BCUT2D eigenvalue weighted by atomic mass is 17.5. The third kappa shape index (κ3) is 7.40. The van der Waals surface area contributed by atoms with Gasteiger partial charge in [-0.1, -0.05) is 44.7 Å². The Morgan fingerprint density at radius 1 is 1.00 bits per heavy atom. The zero-order valence-corrected chi connectivity index (χ0v) is 17.0. The van der Waals surface area contributed by atoms with E-state index in [9.17, 15) is 9.59 Å². The minimum atomic E-state index is -1.56. The Balaban J connectivity index is 2.54. The fraction of sp³-hybridized carbons (Fsp3) is 0.500. The largest absolute Gasteiger partial charge is 0.545 e. The summed E-state index contributed by atoms with van der Waals surface area (Å²) in [6, 6.07) is 7.83. The molecule has 27 heavy (non-hydrogen) atoms. The van der Waals surface area contributed by atoms with Gasteiger partial charge in [-0.05, 0) is 42.9 Å². The molecule has 1 aromatic carbocycles. The number of esters is 1. The first-order chi connectivity index (χ1) is 12.3. The summed E-state index contributed by atoms with van der Waals surface area (Å²) in [4.78, 5) is 32.8. The molecule has 1 aromatic rings. The summed E-state index contributed by atoms with van der Waals surface area (Å²) < 4.78 is 9.83. The molecule has 0 unspecified atom stereocenters. The molecule has 0 aliphatic rings. The smallest absolute Gasteiger partial charge is 0.420 e. The Kier molecular flexibility index (Phi) is 7.56. The lowest BCUT2D eigenvalue weighted by atomic mass is 9.94. The molecule has 0 saturated carbocycles. The molecule has 0 fully saturated rings. The maximum atomic E-state index is 11.7. The van der Waals surface area contributed by atoms with E-state index in [0.29, 0.717) is 5.92 Å². The molecule has 0 amide bonds. The number of hydrogen-bond acceptors (Lipinski definition) is 7. The topological polar surface area (TPSA) is 80.3 Å². The quantitative estimate of drug-likeness (QED) is 0.208. The number of hydrogen-bond donors (Lipinski definition) is 0. The van der Waals surface area contributed by atoms with Crippen molar-refractivity contribution in [2.45, 2.75) is 65.8 Å². The molecular weight excluding hydrogens is 352 g/mol. The van der Waals surface area contributed by atoms with E-state index in [0.717, 1.165) is 5.56 Å². The molecule has 0 saturated heterocycles. The SMILES string of the molecule is C=C(C)C(=O)OC(C)(C)OC(=O)OOOC(C)(C)c1ccc(C(C)C)cc1. The van der Waals surface area contributed by atoms with Gasteiger partial charge >= 0.3 is 12.1 Å². The minimum absolute atomic E-state index is 0.171. The third-order valence-corrected chi connectivity index (χ3v) is 3.63. The van der Waals surface area contributed by atoms with Crippen LogP contribution in [0.3, 0.4) is 0 Å². The van der Waals surface area contributed by atoms with Gasteiger partial charge in [0.05, 0.1) is 0 Å². The number of rotatable bonds is 8. The van der Waals surface area contributed by atoms with Crippen LogP contribution in [0.15, 0.2) is 36.4 Å². The molecule has 1 rings (SSSR count). The van der Waals surface area contributed by atoms with E-state index < -0.39 is 23.5 Å². The maximum absolute atomic E-state index is 11.7. The van der Waals surface area contributed by atoms with Crippen molar-refractivity contribution < 1.29 is 33.9 Å². The molecule has 0 spiro atoms. The molecule has 7 nitrogen and oxygen atoms in total. The zero-order chi connectivity index (χ0) is 20.8. The van der Waals surface area contributed by atoms with Crippen molar-refractivity contribution in [1.82, 2.24) is 0 Å². The van der Waals surface area contributed by atoms with Gasteiger partial charge < -0.3 is 9.47 Å². The summed E-state index contributed by atoms with van der Waals surface area (Å²) >= 11 is 0. The summed E-state index contributed by atoms with van der Waals surface area (Å²) in [6.07, 6.45) is -1.22. The molecular formula is C20H28O7. The zero-order valence-electron chi connectivity index (χ0n) is 17.0. The van der Waals surface area contributed by atoms with E-state index in [2.05, 4.69) is 30.4 Å². The van der Waals surface area contributed by atoms with Crippen molar-refractivity contribution in [1.29, 1.82) is 0 Å². The van der Waals surface area contributed by atoms with Gasteiger partial charge in [0.2, 0.25) is 0 Å². The van der Waals surface area contributed by atoms with Gasteiger partial charge in [0, 0.05) is 19.4 Å². The molecule has 7 heteroatoms. The van der Waals surface area contributed by atoms with Gasteiger partial charge in [-0.2, -0.15) is 4.89 Å². The monoisotopic (exact) mass is 380 g/mol. The average Bonchev–Trinajstić information content (AvgIpc) is 2.53. The van der Waals surface area contributed by atoms with Crippen molar-refractivity contribution >= 4 is 12.1 Å². The fourth-order valence-electron chi connectivity index (χ4n) is 2.00. The Labute approximate surface area is 160 Å². The summed E-state index contributed by atoms with van der Waals surface area (Å²) in [7, 11) is 0. The summed E-state index contributed by atoms with van der Waals surface area (Å²) in [5.74, 6) is -1.84. The van der Waals surface area contributed by atoms with Crippen LogP contribution in [0.5, 0.6) is 0 Å². The van der Waals surface area contributed by atoms with Gasteiger partial charge in [0.15, 0.2) is 0 Å². The number of ether oxygens (including phenoxy) is 2. The van der Waals surface area contributed by atoms with Crippen LogP contribution in [-0.4, -0.2) is 17.9 Å². The van der Waals surface area contributed by atoms with Crippen molar-refractivity contribution in [3.05, 3.63) is 47.5 Å². The van der Waals surface area contributed by atoms with Crippen LogP contribution in [0.25, 0.3) is 0 Å². The molecule has 0 aliphatic carbocycles. The second kappa shape index (κ2) is 9.01. The molecule has 0 atom stereocenters. The molecule has 0 N–H and O–H groups in total. The van der Waals surface area contributed by atoms with Crippen LogP contribution >= 0.6 is 0 Å². The average molecular weight is 380 g/mol. The van der Waals surface area contributed by atoms with Gasteiger partial charge in [-0.3, -0.25) is 0 Å². The Hall–Kier alpha value is -2.38. The molecule has 0 heterocycles. The first-order valence-electron chi connectivity index (χ1n) is 8.58. The van der Waals surface area contributed by atoms with Crippen molar-refractivity contribution in [2.75, 3.05) is 0 Å². The van der Waals surface area contributed by atoms with Gasteiger partial charge in [0.1, 0.15) is 5.60 Å². The van der Waals surface area contributed by atoms with E-state index in [1.165, 1.54) is 26.3 Å². The second-order valence-electron chi connectivity index (χ2n) is 7.44.